The molecule has 0 N–H and O–H groups in total. The van der Waals surface area contributed by atoms with Crippen LogP contribution in [0, 0.1) is 5.41 Å². The highest BCUT2D eigenvalue weighted by Gasteiger charge is 2.27. The van der Waals surface area contributed by atoms with Crippen LogP contribution in [0.15, 0.2) is 0 Å². The first-order valence-electron chi connectivity index (χ1n) is 6.30. The maximum Gasteiger partial charge on any atom is 0.311 e. The molecule has 0 radical (unpaired) electrons. The van der Waals surface area contributed by atoms with Gasteiger partial charge < -0.3 is 19.1 Å². The molecule has 0 aliphatic rings. The van der Waals surface area contributed by atoms with Crippen molar-refractivity contribution in [3.63, 3.8) is 0 Å². The number of quaternary nitrogens is 1. The van der Waals surface area contributed by atoms with Crippen LogP contribution in [0.3, 0.4) is 0 Å². The van der Waals surface area contributed by atoms with Crippen LogP contribution in [-0.2, 0) is 14.3 Å². The van der Waals surface area contributed by atoms with Gasteiger partial charge in [0.25, 0.3) is 0 Å². The number of hydrogen-bond donors (Lipinski definition) is 0. The molecular weight excluding hydrogens is 234 g/mol. The Hall–Kier alpha value is -1.10. The third kappa shape index (κ3) is 6.59. The van der Waals surface area contributed by atoms with Crippen molar-refractivity contribution in [3.8, 4) is 0 Å². The van der Waals surface area contributed by atoms with E-state index in [0.717, 1.165) is 6.42 Å². The molecule has 0 unspecified atom stereocenters. The number of rotatable bonds is 8. The van der Waals surface area contributed by atoms with Crippen molar-refractivity contribution in [2.24, 2.45) is 5.41 Å². The molecule has 106 valence electrons. The summed E-state index contributed by atoms with van der Waals surface area (Å²) in [6.07, 6.45) is 1.38. The molecule has 0 saturated carbocycles. The lowest BCUT2D eigenvalue weighted by Gasteiger charge is -2.30. The molecule has 0 saturated heterocycles. The highest BCUT2D eigenvalue weighted by molar-refractivity contribution is 5.75. The normalized spacial score (nSPS) is 12.3. The molecule has 0 amide bonds. The number of carbonyl (C=O) groups excluding carboxylic acids is 2. The molecule has 0 bridgehead atoms. The van der Waals surface area contributed by atoms with Gasteiger partial charge in [-0.2, -0.15) is 0 Å². The molecule has 5 heteroatoms. The van der Waals surface area contributed by atoms with Crippen molar-refractivity contribution < 1.29 is 23.9 Å². The summed E-state index contributed by atoms with van der Waals surface area (Å²) in [4.78, 5) is 22.2. The lowest BCUT2D eigenvalue weighted by Crippen LogP contribution is -2.49. The lowest BCUT2D eigenvalue weighted by atomic mass is 9.91. The van der Waals surface area contributed by atoms with Crippen molar-refractivity contribution >= 4 is 11.9 Å². The van der Waals surface area contributed by atoms with Gasteiger partial charge in [-0.15, -0.1) is 0 Å². The Labute approximate surface area is 109 Å². The van der Waals surface area contributed by atoms with E-state index in [9.17, 15) is 14.7 Å². The Morgan fingerprint density at radius 3 is 2.28 bits per heavy atom. The standard InChI is InChI=1S/C13H25NO4/c1-6-13(2,3)12(17)18-9-7-8-14(4,5)10-11(15)16/h6-10H2,1-5H3. The average Bonchev–Trinajstić information content (AvgIpc) is 2.22. The monoisotopic (exact) mass is 259 g/mol. The number of carbonyl (C=O) groups is 2. The van der Waals surface area contributed by atoms with Crippen LogP contribution < -0.4 is 5.11 Å². The Kier molecular flexibility index (Phi) is 6.32. The number of carboxylic acids is 1. The van der Waals surface area contributed by atoms with Crippen LogP contribution in [0.4, 0.5) is 0 Å². The second-order valence-electron chi connectivity index (χ2n) is 5.92. The van der Waals surface area contributed by atoms with E-state index in [1.165, 1.54) is 0 Å². The first-order chi connectivity index (χ1) is 8.10. The summed E-state index contributed by atoms with van der Waals surface area (Å²) >= 11 is 0. The number of nitrogens with zero attached hydrogens (tertiary/aromatic N) is 1. The van der Waals surface area contributed by atoms with Gasteiger partial charge in [0.2, 0.25) is 0 Å². The van der Waals surface area contributed by atoms with Gasteiger partial charge in [0.05, 0.1) is 38.6 Å². The zero-order valence-electron chi connectivity index (χ0n) is 12.1. The maximum atomic E-state index is 11.7. The van der Waals surface area contributed by atoms with E-state index in [1.54, 1.807) is 0 Å². The zero-order valence-corrected chi connectivity index (χ0v) is 12.1. The summed E-state index contributed by atoms with van der Waals surface area (Å²) in [6, 6.07) is 0. The van der Waals surface area contributed by atoms with Gasteiger partial charge in [0, 0.05) is 6.42 Å². The molecule has 5 nitrogen and oxygen atoms in total. The Balaban J connectivity index is 3.94. The van der Waals surface area contributed by atoms with Crippen LogP contribution in [0.2, 0.25) is 0 Å². The Bertz CT molecular complexity index is 297. The minimum Gasteiger partial charge on any atom is -0.544 e. The number of likely N-dealkylation sites (N-methyl/N-ethyl adjacent to an activating group) is 1. The molecule has 0 aliphatic heterocycles. The number of ether oxygens (including phenoxy) is 1. The van der Waals surface area contributed by atoms with Gasteiger partial charge in [-0.05, 0) is 20.3 Å². The van der Waals surface area contributed by atoms with Gasteiger partial charge in [-0.1, -0.05) is 6.92 Å². The quantitative estimate of drug-likeness (QED) is 0.354. The van der Waals surface area contributed by atoms with E-state index in [1.807, 2.05) is 34.9 Å². The van der Waals surface area contributed by atoms with Crippen molar-refractivity contribution in [2.45, 2.75) is 33.6 Å². The fourth-order valence-corrected chi connectivity index (χ4v) is 1.43. The Morgan fingerprint density at radius 1 is 1.28 bits per heavy atom. The molecule has 0 aromatic heterocycles. The Morgan fingerprint density at radius 2 is 1.83 bits per heavy atom. The van der Waals surface area contributed by atoms with Crippen LogP contribution >= 0.6 is 0 Å². The van der Waals surface area contributed by atoms with E-state index in [2.05, 4.69) is 0 Å². The van der Waals surface area contributed by atoms with Crippen LogP contribution in [0.1, 0.15) is 33.6 Å². The van der Waals surface area contributed by atoms with E-state index < -0.39 is 11.4 Å². The zero-order chi connectivity index (χ0) is 14.4. The molecule has 0 atom stereocenters. The van der Waals surface area contributed by atoms with Crippen molar-refractivity contribution in [2.75, 3.05) is 33.8 Å². The first-order valence-corrected chi connectivity index (χ1v) is 6.30. The van der Waals surface area contributed by atoms with Gasteiger partial charge in [0.1, 0.15) is 6.54 Å². The van der Waals surface area contributed by atoms with Crippen LogP contribution in [0.5, 0.6) is 0 Å². The molecule has 0 spiro atoms. The largest absolute Gasteiger partial charge is 0.544 e. The maximum absolute atomic E-state index is 11.7. The van der Waals surface area contributed by atoms with Crippen molar-refractivity contribution in [1.29, 1.82) is 0 Å². The molecule has 0 aromatic carbocycles. The molecule has 18 heavy (non-hydrogen) atoms. The number of carboxylic acid groups (broad SMARTS) is 1. The summed E-state index contributed by atoms with van der Waals surface area (Å²) < 4.78 is 5.52. The summed E-state index contributed by atoms with van der Waals surface area (Å²) in [6.45, 7) is 6.58. The topological polar surface area (TPSA) is 66.4 Å². The third-order valence-corrected chi connectivity index (χ3v) is 3.13. The van der Waals surface area contributed by atoms with E-state index in [4.69, 9.17) is 4.74 Å². The molecular formula is C13H25NO4. The summed E-state index contributed by atoms with van der Waals surface area (Å²) in [5.74, 6) is -1.26. The summed E-state index contributed by atoms with van der Waals surface area (Å²) in [7, 11) is 3.63. The molecule has 0 rings (SSSR count). The summed E-state index contributed by atoms with van der Waals surface area (Å²) in [5, 5.41) is 10.5. The average molecular weight is 259 g/mol. The van der Waals surface area contributed by atoms with E-state index in [0.29, 0.717) is 24.1 Å². The van der Waals surface area contributed by atoms with Crippen LogP contribution in [0.25, 0.3) is 0 Å². The number of aliphatic carboxylic acids is 1. The van der Waals surface area contributed by atoms with Gasteiger partial charge in [0.15, 0.2) is 0 Å². The second-order valence-corrected chi connectivity index (χ2v) is 5.92. The number of hydrogen-bond acceptors (Lipinski definition) is 4. The minimum atomic E-state index is -1.07. The first kappa shape index (κ1) is 16.9. The van der Waals surface area contributed by atoms with Gasteiger partial charge in [-0.25, -0.2) is 0 Å². The predicted molar refractivity (Wildman–Crippen MR) is 66.5 cm³/mol. The number of esters is 1. The lowest BCUT2D eigenvalue weighted by molar-refractivity contribution is -0.885. The minimum absolute atomic E-state index is 0.0333. The summed E-state index contributed by atoms with van der Waals surface area (Å²) in [5.41, 5.74) is -0.449. The van der Waals surface area contributed by atoms with E-state index in [-0.39, 0.29) is 12.5 Å². The van der Waals surface area contributed by atoms with Crippen LogP contribution in [-0.4, -0.2) is 50.2 Å². The fourth-order valence-electron chi connectivity index (χ4n) is 1.43. The highest BCUT2D eigenvalue weighted by Crippen LogP contribution is 2.21. The molecule has 0 heterocycles. The highest BCUT2D eigenvalue weighted by atomic mass is 16.5. The van der Waals surface area contributed by atoms with Crippen molar-refractivity contribution in [3.05, 3.63) is 0 Å². The fraction of sp³-hybridized carbons (Fsp3) is 0.846. The third-order valence-electron chi connectivity index (χ3n) is 3.13. The SMILES string of the molecule is CCC(C)(C)C(=O)OCCC[N+](C)(C)CC(=O)[O-]. The predicted octanol–water partition coefficient (Wildman–Crippen LogP) is 0.182. The second kappa shape index (κ2) is 6.73. The molecule has 0 fully saturated rings. The van der Waals surface area contributed by atoms with Crippen molar-refractivity contribution in [1.82, 2.24) is 0 Å². The van der Waals surface area contributed by atoms with E-state index >= 15 is 0 Å². The molecule has 0 aromatic rings. The van der Waals surface area contributed by atoms with Gasteiger partial charge in [-0.3, -0.25) is 4.79 Å². The molecule has 0 aliphatic carbocycles. The smallest absolute Gasteiger partial charge is 0.311 e. The van der Waals surface area contributed by atoms with Gasteiger partial charge >= 0.3 is 5.97 Å².